The van der Waals surface area contributed by atoms with Crippen molar-refractivity contribution in [3.05, 3.63) is 30.5 Å². The van der Waals surface area contributed by atoms with Gasteiger partial charge in [-0.2, -0.15) is 0 Å². The highest BCUT2D eigenvalue weighted by Crippen LogP contribution is 2.13. The predicted molar refractivity (Wildman–Crippen MR) is 65.1 cm³/mol. The van der Waals surface area contributed by atoms with Crippen molar-refractivity contribution in [3.8, 4) is 0 Å². The summed E-state index contributed by atoms with van der Waals surface area (Å²) in [7, 11) is 1.78. The molecule has 2 rings (SSSR count). The maximum atomic E-state index is 10.5. The van der Waals surface area contributed by atoms with Gasteiger partial charge in [-0.05, 0) is 6.07 Å². The van der Waals surface area contributed by atoms with E-state index < -0.39 is 5.97 Å². The van der Waals surface area contributed by atoms with Gasteiger partial charge in [0.1, 0.15) is 0 Å². The summed E-state index contributed by atoms with van der Waals surface area (Å²) in [4.78, 5) is 20.8. The molecule has 0 unspecified atom stereocenters. The Bertz CT molecular complexity index is 542. The Morgan fingerprint density at radius 3 is 2.94 bits per heavy atom. The van der Waals surface area contributed by atoms with Crippen LogP contribution in [0.2, 0.25) is 0 Å². The zero-order valence-electron chi connectivity index (χ0n) is 9.50. The Morgan fingerprint density at radius 2 is 2.18 bits per heavy atom. The van der Waals surface area contributed by atoms with E-state index in [4.69, 9.17) is 5.11 Å². The lowest BCUT2D eigenvalue weighted by atomic mass is 10.2. The molecule has 0 spiro atoms. The van der Waals surface area contributed by atoms with E-state index in [1.165, 1.54) is 0 Å². The summed E-state index contributed by atoms with van der Waals surface area (Å²) in [5.41, 5.74) is 0.861. The van der Waals surface area contributed by atoms with Crippen LogP contribution in [0, 0.1) is 0 Å². The third-order valence-electron chi connectivity index (χ3n) is 2.48. The van der Waals surface area contributed by atoms with Crippen LogP contribution in [0.4, 0.5) is 5.95 Å². The topological polar surface area (TPSA) is 66.3 Å². The molecule has 0 fully saturated rings. The Labute approximate surface area is 98.7 Å². The number of hydrogen-bond donors (Lipinski definition) is 1. The first kappa shape index (κ1) is 11.3. The van der Waals surface area contributed by atoms with E-state index in [0.29, 0.717) is 12.5 Å². The largest absolute Gasteiger partial charge is 0.481 e. The average molecular weight is 231 g/mol. The van der Waals surface area contributed by atoms with Crippen molar-refractivity contribution >= 4 is 22.8 Å². The molecule has 1 heterocycles. The fourth-order valence-corrected chi connectivity index (χ4v) is 1.51. The summed E-state index contributed by atoms with van der Waals surface area (Å²) in [6, 6.07) is 7.69. The molecule has 0 aliphatic heterocycles. The standard InChI is InChI=1S/C12H13N3O2/c1-15(7-6-11(16)17)12-13-8-9-4-2-3-5-10(9)14-12/h2-5,8H,6-7H2,1H3,(H,16,17). The first-order valence-electron chi connectivity index (χ1n) is 5.31. The number of fused-ring (bicyclic) bond motifs is 1. The maximum absolute atomic E-state index is 10.5. The van der Waals surface area contributed by atoms with E-state index in [1.54, 1.807) is 18.1 Å². The van der Waals surface area contributed by atoms with E-state index in [9.17, 15) is 4.79 Å². The van der Waals surface area contributed by atoms with Crippen LogP contribution in [0.3, 0.4) is 0 Å². The second-order valence-corrected chi connectivity index (χ2v) is 3.79. The number of carbonyl (C=O) groups is 1. The van der Waals surface area contributed by atoms with Gasteiger partial charge in [0.15, 0.2) is 0 Å². The quantitative estimate of drug-likeness (QED) is 0.864. The number of anilines is 1. The molecule has 5 nitrogen and oxygen atoms in total. The third kappa shape index (κ3) is 2.69. The first-order chi connectivity index (χ1) is 8.16. The maximum Gasteiger partial charge on any atom is 0.305 e. The van der Waals surface area contributed by atoms with Crippen molar-refractivity contribution in [2.45, 2.75) is 6.42 Å². The summed E-state index contributed by atoms with van der Waals surface area (Å²) in [6.07, 6.45) is 1.82. The van der Waals surface area contributed by atoms with Crippen LogP contribution >= 0.6 is 0 Å². The van der Waals surface area contributed by atoms with Gasteiger partial charge in [-0.3, -0.25) is 4.79 Å². The van der Waals surface area contributed by atoms with Crippen LogP contribution in [0.15, 0.2) is 30.5 Å². The number of aromatic nitrogens is 2. The first-order valence-corrected chi connectivity index (χ1v) is 5.31. The number of hydrogen-bond acceptors (Lipinski definition) is 4. The van der Waals surface area contributed by atoms with Gasteiger partial charge in [-0.25, -0.2) is 9.97 Å². The summed E-state index contributed by atoms with van der Waals surface area (Å²) >= 11 is 0. The smallest absolute Gasteiger partial charge is 0.305 e. The van der Waals surface area contributed by atoms with E-state index in [2.05, 4.69) is 9.97 Å². The number of benzene rings is 1. The van der Waals surface area contributed by atoms with Crippen LogP contribution < -0.4 is 4.90 Å². The minimum atomic E-state index is -0.822. The molecule has 1 aromatic carbocycles. The number of rotatable bonds is 4. The third-order valence-corrected chi connectivity index (χ3v) is 2.48. The highest BCUT2D eigenvalue weighted by Gasteiger charge is 2.07. The minimum absolute atomic E-state index is 0.0761. The molecule has 0 amide bonds. The van der Waals surface area contributed by atoms with Crippen LogP contribution in [-0.4, -0.2) is 34.6 Å². The van der Waals surface area contributed by atoms with Crippen molar-refractivity contribution in [3.63, 3.8) is 0 Å². The van der Waals surface area contributed by atoms with Gasteiger partial charge in [0, 0.05) is 25.2 Å². The molecule has 0 saturated carbocycles. The number of carboxylic acids is 1. The summed E-state index contributed by atoms with van der Waals surface area (Å²) in [5, 5.41) is 9.59. The van der Waals surface area contributed by atoms with E-state index in [-0.39, 0.29) is 6.42 Å². The molecule has 88 valence electrons. The molecule has 17 heavy (non-hydrogen) atoms. The lowest BCUT2D eigenvalue weighted by molar-refractivity contribution is -0.136. The van der Waals surface area contributed by atoms with Gasteiger partial charge in [0.25, 0.3) is 0 Å². The highest BCUT2D eigenvalue weighted by atomic mass is 16.4. The molecular weight excluding hydrogens is 218 g/mol. The monoisotopic (exact) mass is 231 g/mol. The van der Waals surface area contributed by atoms with Crippen molar-refractivity contribution in [1.82, 2.24) is 9.97 Å². The van der Waals surface area contributed by atoms with Crippen molar-refractivity contribution < 1.29 is 9.90 Å². The fourth-order valence-electron chi connectivity index (χ4n) is 1.51. The average Bonchev–Trinajstić information content (AvgIpc) is 2.35. The molecule has 1 N–H and O–H groups in total. The molecule has 1 aromatic heterocycles. The SMILES string of the molecule is CN(CCC(=O)O)c1ncc2ccccc2n1. The molecule has 0 aliphatic carbocycles. The second-order valence-electron chi connectivity index (χ2n) is 3.79. The van der Waals surface area contributed by atoms with Crippen molar-refractivity contribution in [2.24, 2.45) is 0 Å². The molecule has 2 aromatic rings. The molecule has 0 saturated heterocycles. The Morgan fingerprint density at radius 1 is 1.41 bits per heavy atom. The zero-order valence-corrected chi connectivity index (χ0v) is 9.50. The van der Waals surface area contributed by atoms with Crippen molar-refractivity contribution in [2.75, 3.05) is 18.5 Å². The van der Waals surface area contributed by atoms with E-state index >= 15 is 0 Å². The highest BCUT2D eigenvalue weighted by molar-refractivity contribution is 5.78. The second kappa shape index (κ2) is 4.78. The molecular formula is C12H13N3O2. The molecule has 0 radical (unpaired) electrons. The van der Waals surface area contributed by atoms with Crippen LogP contribution in [0.25, 0.3) is 10.9 Å². The Kier molecular flexibility index (Phi) is 3.18. The van der Waals surface area contributed by atoms with Gasteiger partial charge < -0.3 is 10.0 Å². The molecule has 0 bridgehead atoms. The number of carboxylic acid groups (broad SMARTS) is 1. The number of nitrogens with zero attached hydrogens (tertiary/aromatic N) is 3. The van der Waals surface area contributed by atoms with Gasteiger partial charge in [0.05, 0.1) is 11.9 Å². The molecule has 0 atom stereocenters. The summed E-state index contributed by atoms with van der Waals surface area (Å²) in [6.45, 7) is 0.397. The van der Waals surface area contributed by atoms with E-state index in [0.717, 1.165) is 10.9 Å². The van der Waals surface area contributed by atoms with Crippen LogP contribution in [0.1, 0.15) is 6.42 Å². The summed E-state index contributed by atoms with van der Waals surface area (Å²) in [5.74, 6) is -0.275. The normalized spacial score (nSPS) is 10.4. The molecule has 0 aliphatic rings. The zero-order chi connectivity index (χ0) is 12.3. The van der Waals surface area contributed by atoms with Crippen molar-refractivity contribution in [1.29, 1.82) is 0 Å². The van der Waals surface area contributed by atoms with Gasteiger partial charge in [0.2, 0.25) is 5.95 Å². The predicted octanol–water partition coefficient (Wildman–Crippen LogP) is 1.54. The lowest BCUT2D eigenvalue weighted by Gasteiger charge is -2.15. The Balaban J connectivity index is 2.20. The Hall–Kier alpha value is -2.17. The van der Waals surface area contributed by atoms with Gasteiger partial charge in [-0.15, -0.1) is 0 Å². The van der Waals surface area contributed by atoms with Gasteiger partial charge in [-0.1, -0.05) is 18.2 Å². The van der Waals surface area contributed by atoms with Crippen LogP contribution in [0.5, 0.6) is 0 Å². The molecule has 5 heteroatoms. The van der Waals surface area contributed by atoms with Gasteiger partial charge >= 0.3 is 5.97 Å². The fraction of sp³-hybridized carbons (Fsp3) is 0.250. The lowest BCUT2D eigenvalue weighted by Crippen LogP contribution is -2.22. The number of aliphatic carboxylic acids is 1. The van der Waals surface area contributed by atoms with E-state index in [1.807, 2.05) is 24.3 Å². The number of para-hydroxylation sites is 1. The minimum Gasteiger partial charge on any atom is -0.481 e. The summed E-state index contributed by atoms with van der Waals surface area (Å²) < 4.78 is 0. The van der Waals surface area contributed by atoms with Crippen LogP contribution in [-0.2, 0) is 4.79 Å².